The van der Waals surface area contributed by atoms with Gasteiger partial charge < -0.3 is 15.0 Å². The number of alkyl halides is 6. The second-order valence-electron chi connectivity index (χ2n) is 6.50. The van der Waals surface area contributed by atoms with Crippen molar-refractivity contribution in [1.82, 2.24) is 15.3 Å². The highest BCUT2D eigenvalue weighted by Crippen LogP contribution is 2.31. The Morgan fingerprint density at radius 2 is 1.87 bits per heavy atom. The van der Waals surface area contributed by atoms with Crippen LogP contribution in [0.15, 0.2) is 42.6 Å². The van der Waals surface area contributed by atoms with Crippen LogP contribution in [0.1, 0.15) is 34.7 Å². The van der Waals surface area contributed by atoms with Crippen LogP contribution in [0.3, 0.4) is 0 Å². The Labute approximate surface area is 166 Å². The number of ether oxygens (including phenoxy) is 1. The van der Waals surface area contributed by atoms with Crippen LogP contribution in [0.2, 0.25) is 0 Å². The largest absolute Gasteiger partial charge is 0.483 e. The first kappa shape index (κ1) is 21.5. The maximum Gasteiger partial charge on any atom is 0.422 e. The van der Waals surface area contributed by atoms with Gasteiger partial charge >= 0.3 is 12.4 Å². The van der Waals surface area contributed by atoms with Crippen molar-refractivity contribution in [3.8, 4) is 5.75 Å². The monoisotopic (exact) mass is 431 g/mol. The molecule has 3 rings (SSSR count). The zero-order chi connectivity index (χ0) is 22.1. The van der Waals surface area contributed by atoms with Crippen LogP contribution in [0.4, 0.5) is 26.3 Å². The summed E-state index contributed by atoms with van der Waals surface area (Å²) in [6.07, 6.45) is -7.87. The van der Waals surface area contributed by atoms with Crippen LogP contribution in [-0.2, 0) is 6.18 Å². The second kappa shape index (κ2) is 7.88. The molecule has 0 unspecified atom stereocenters. The molecule has 30 heavy (non-hydrogen) atoms. The van der Waals surface area contributed by atoms with E-state index in [9.17, 15) is 31.1 Å². The molecule has 0 spiro atoms. The van der Waals surface area contributed by atoms with Crippen LogP contribution < -0.4 is 10.1 Å². The number of pyridine rings is 1. The van der Waals surface area contributed by atoms with Gasteiger partial charge in [0.05, 0.1) is 23.5 Å². The van der Waals surface area contributed by atoms with E-state index >= 15 is 0 Å². The average Bonchev–Trinajstić information content (AvgIpc) is 3.09. The third-order valence-electron chi connectivity index (χ3n) is 4.15. The maximum atomic E-state index is 12.8. The number of H-pyrrole nitrogens is 1. The summed E-state index contributed by atoms with van der Waals surface area (Å²) in [6.45, 7) is 0.150. The van der Waals surface area contributed by atoms with Gasteiger partial charge in [0.2, 0.25) is 0 Å². The third kappa shape index (κ3) is 5.22. The smallest absolute Gasteiger partial charge is 0.422 e. The minimum Gasteiger partial charge on any atom is -0.483 e. The van der Waals surface area contributed by atoms with Gasteiger partial charge in [0, 0.05) is 10.9 Å². The zero-order valence-electron chi connectivity index (χ0n) is 15.4. The van der Waals surface area contributed by atoms with E-state index in [1.54, 1.807) is 6.92 Å². The summed E-state index contributed by atoms with van der Waals surface area (Å²) in [5, 5.41) is 2.85. The van der Waals surface area contributed by atoms with Gasteiger partial charge in [-0.15, -0.1) is 0 Å². The molecule has 0 aliphatic heterocycles. The molecule has 1 aromatic carbocycles. The minimum atomic E-state index is -4.50. The second-order valence-corrected chi connectivity index (χ2v) is 6.50. The number of aromatic nitrogens is 2. The Bertz CT molecular complexity index is 1040. The molecule has 0 fully saturated rings. The van der Waals surface area contributed by atoms with Crippen LogP contribution in [0.25, 0.3) is 10.9 Å². The molecular weight excluding hydrogens is 416 g/mol. The highest BCUT2D eigenvalue weighted by molar-refractivity contribution is 5.98. The van der Waals surface area contributed by atoms with Gasteiger partial charge in [-0.2, -0.15) is 26.3 Å². The van der Waals surface area contributed by atoms with E-state index in [4.69, 9.17) is 0 Å². The number of benzene rings is 1. The van der Waals surface area contributed by atoms with Crippen molar-refractivity contribution in [2.75, 3.05) is 6.61 Å². The quantitative estimate of drug-likeness (QED) is 0.558. The zero-order valence-corrected chi connectivity index (χ0v) is 15.4. The fourth-order valence-corrected chi connectivity index (χ4v) is 2.68. The summed E-state index contributed by atoms with van der Waals surface area (Å²) in [5.41, 5.74) is -0.0454. The normalized spacial score (nSPS) is 13.3. The van der Waals surface area contributed by atoms with Gasteiger partial charge in [0.15, 0.2) is 6.61 Å². The number of nitrogens with one attached hydrogen (secondary N) is 2. The first-order chi connectivity index (χ1) is 13.9. The standard InChI is InChI=1S/C19H15F6N3O2/c1-10(14-5-3-13(8-26-14)30-9-18(20,21)22)27-17(29)16-7-11-6-12(19(23,24)25)2-4-15(11)28-16/h2-8,10,28H,9H2,1H3,(H,27,29)/t10-/m1/s1. The van der Waals surface area contributed by atoms with Gasteiger partial charge in [0.1, 0.15) is 11.4 Å². The minimum absolute atomic E-state index is 0.0568. The molecule has 3 aromatic rings. The van der Waals surface area contributed by atoms with Crippen molar-refractivity contribution < 1.29 is 35.9 Å². The lowest BCUT2D eigenvalue weighted by Gasteiger charge is -2.14. The Morgan fingerprint density at radius 3 is 2.47 bits per heavy atom. The number of hydrogen-bond donors (Lipinski definition) is 2. The third-order valence-corrected chi connectivity index (χ3v) is 4.15. The van der Waals surface area contributed by atoms with E-state index in [2.05, 4.69) is 20.0 Å². The lowest BCUT2D eigenvalue weighted by atomic mass is 10.1. The summed E-state index contributed by atoms with van der Waals surface area (Å²) >= 11 is 0. The molecule has 0 aliphatic rings. The summed E-state index contributed by atoms with van der Waals surface area (Å²) in [6, 6.07) is 6.46. The molecule has 5 nitrogen and oxygen atoms in total. The lowest BCUT2D eigenvalue weighted by molar-refractivity contribution is -0.153. The molecule has 2 N–H and O–H groups in total. The first-order valence-corrected chi connectivity index (χ1v) is 8.59. The van der Waals surface area contributed by atoms with E-state index in [0.717, 1.165) is 18.3 Å². The molecule has 1 atom stereocenters. The van der Waals surface area contributed by atoms with E-state index in [1.807, 2.05) is 0 Å². The van der Waals surface area contributed by atoms with Crippen molar-refractivity contribution in [2.24, 2.45) is 0 Å². The molecule has 0 saturated heterocycles. The number of carbonyl (C=O) groups is 1. The number of halogens is 6. The van der Waals surface area contributed by atoms with E-state index in [0.29, 0.717) is 11.2 Å². The predicted molar refractivity (Wildman–Crippen MR) is 95.0 cm³/mol. The molecule has 0 bridgehead atoms. The van der Waals surface area contributed by atoms with E-state index < -0.39 is 36.5 Å². The number of aromatic amines is 1. The number of hydrogen-bond acceptors (Lipinski definition) is 3. The molecular formula is C19H15F6N3O2. The first-order valence-electron chi connectivity index (χ1n) is 8.59. The van der Waals surface area contributed by atoms with Crippen molar-refractivity contribution in [3.05, 3.63) is 59.5 Å². The van der Waals surface area contributed by atoms with Gasteiger partial charge in [-0.05, 0) is 43.3 Å². The summed E-state index contributed by atoms with van der Waals surface area (Å²) in [5.74, 6) is -0.655. The predicted octanol–water partition coefficient (Wildman–Crippen LogP) is 5.01. The number of carbonyl (C=O) groups excluding carboxylic acids is 1. The SMILES string of the molecule is C[C@@H](NC(=O)c1cc2cc(C(F)(F)F)ccc2[nH]1)c1ccc(OCC(F)(F)F)cn1. The number of amides is 1. The molecule has 2 aromatic heterocycles. The van der Waals surface area contributed by atoms with Gasteiger partial charge in [-0.1, -0.05) is 0 Å². The van der Waals surface area contributed by atoms with Crippen LogP contribution in [-0.4, -0.2) is 28.7 Å². The molecule has 0 saturated carbocycles. The van der Waals surface area contributed by atoms with Crippen molar-refractivity contribution in [1.29, 1.82) is 0 Å². The van der Waals surface area contributed by atoms with Crippen LogP contribution in [0.5, 0.6) is 5.75 Å². The molecule has 1 amide bonds. The van der Waals surface area contributed by atoms with Crippen LogP contribution in [0, 0.1) is 0 Å². The van der Waals surface area contributed by atoms with Crippen molar-refractivity contribution >= 4 is 16.8 Å². The van der Waals surface area contributed by atoms with Gasteiger partial charge in [-0.25, -0.2) is 0 Å². The van der Waals surface area contributed by atoms with Crippen molar-refractivity contribution in [3.63, 3.8) is 0 Å². The number of rotatable bonds is 5. The summed E-state index contributed by atoms with van der Waals surface area (Å²) < 4.78 is 79.5. The molecule has 0 radical (unpaired) electrons. The topological polar surface area (TPSA) is 67.0 Å². The molecule has 11 heteroatoms. The summed E-state index contributed by atoms with van der Waals surface area (Å²) in [4.78, 5) is 19.1. The summed E-state index contributed by atoms with van der Waals surface area (Å²) in [7, 11) is 0. The van der Waals surface area contributed by atoms with E-state index in [1.165, 1.54) is 24.3 Å². The lowest BCUT2D eigenvalue weighted by Crippen LogP contribution is -2.27. The average molecular weight is 431 g/mol. The Morgan fingerprint density at radius 1 is 1.13 bits per heavy atom. The maximum absolute atomic E-state index is 12.8. The highest BCUT2D eigenvalue weighted by Gasteiger charge is 2.31. The van der Waals surface area contributed by atoms with Crippen molar-refractivity contribution in [2.45, 2.75) is 25.3 Å². The van der Waals surface area contributed by atoms with Gasteiger partial charge in [0.25, 0.3) is 5.91 Å². The Balaban J connectivity index is 1.68. The molecule has 160 valence electrons. The Hall–Kier alpha value is -3.24. The Kier molecular flexibility index (Phi) is 5.64. The fraction of sp³-hybridized carbons (Fsp3) is 0.263. The molecule has 0 aliphatic carbocycles. The number of nitrogens with zero attached hydrogens (tertiary/aromatic N) is 1. The van der Waals surface area contributed by atoms with E-state index in [-0.39, 0.29) is 16.8 Å². The fourth-order valence-electron chi connectivity index (χ4n) is 2.68. The van der Waals surface area contributed by atoms with Gasteiger partial charge in [-0.3, -0.25) is 9.78 Å². The highest BCUT2D eigenvalue weighted by atomic mass is 19.4. The van der Waals surface area contributed by atoms with Crippen LogP contribution >= 0.6 is 0 Å². The number of fused-ring (bicyclic) bond motifs is 1. The molecule has 2 heterocycles.